The molecule has 3 nitrogen and oxygen atoms in total. The third kappa shape index (κ3) is 2.85. The third-order valence-corrected chi connectivity index (χ3v) is 4.62. The second-order valence-corrected chi connectivity index (χ2v) is 7.81. The summed E-state index contributed by atoms with van der Waals surface area (Å²) in [6, 6.07) is 8.80. The van der Waals surface area contributed by atoms with E-state index in [-0.39, 0.29) is 17.2 Å². The first-order valence-corrected chi connectivity index (χ1v) is 8.54. The number of carbonyl (C=O) groups is 1. The average molecular weight is 310 g/mol. The highest BCUT2D eigenvalue weighted by Gasteiger charge is 2.28. The lowest BCUT2D eigenvalue weighted by Crippen LogP contribution is -2.15. The predicted molar refractivity (Wildman–Crippen MR) is 94.0 cm³/mol. The highest BCUT2D eigenvalue weighted by Crippen LogP contribution is 2.33. The number of hydrogen-bond donors (Lipinski definition) is 0. The molecule has 1 aromatic carbocycles. The van der Waals surface area contributed by atoms with Crippen LogP contribution in [0.4, 0.5) is 0 Å². The lowest BCUT2D eigenvalue weighted by Gasteiger charge is -2.19. The summed E-state index contributed by atoms with van der Waals surface area (Å²) in [7, 11) is 0. The fraction of sp³-hybridized carbons (Fsp3) is 0.500. The SMILES string of the molecule is CC(C)n1nc(-c2ccc(C(C)(C)C)cc2)c2c1CCCC2=O. The summed E-state index contributed by atoms with van der Waals surface area (Å²) < 4.78 is 2.04. The Labute approximate surface area is 138 Å². The van der Waals surface area contributed by atoms with Gasteiger partial charge in [-0.1, -0.05) is 45.0 Å². The van der Waals surface area contributed by atoms with Gasteiger partial charge in [0.1, 0.15) is 5.69 Å². The first kappa shape index (κ1) is 16.0. The highest BCUT2D eigenvalue weighted by molar-refractivity contribution is 6.03. The summed E-state index contributed by atoms with van der Waals surface area (Å²) in [5.74, 6) is 0.244. The van der Waals surface area contributed by atoms with Gasteiger partial charge in [-0.25, -0.2) is 0 Å². The molecule has 1 heterocycles. The molecule has 3 heteroatoms. The molecule has 0 saturated carbocycles. The molecule has 0 aliphatic heterocycles. The lowest BCUT2D eigenvalue weighted by molar-refractivity contribution is 0.0972. The van der Waals surface area contributed by atoms with Crippen LogP contribution in [0.25, 0.3) is 11.3 Å². The van der Waals surface area contributed by atoms with Gasteiger partial charge in [0.15, 0.2) is 5.78 Å². The summed E-state index contributed by atoms with van der Waals surface area (Å²) in [5.41, 5.74) is 5.30. The van der Waals surface area contributed by atoms with Gasteiger partial charge in [-0.3, -0.25) is 9.48 Å². The largest absolute Gasteiger partial charge is 0.294 e. The molecule has 1 aliphatic carbocycles. The maximum absolute atomic E-state index is 12.5. The van der Waals surface area contributed by atoms with Gasteiger partial charge in [0, 0.05) is 18.0 Å². The quantitative estimate of drug-likeness (QED) is 0.787. The fourth-order valence-corrected chi connectivity index (χ4v) is 3.30. The first-order valence-electron chi connectivity index (χ1n) is 8.54. The highest BCUT2D eigenvalue weighted by atomic mass is 16.1. The van der Waals surface area contributed by atoms with Gasteiger partial charge in [-0.05, 0) is 37.7 Å². The molecule has 1 aliphatic rings. The molecule has 0 amide bonds. The van der Waals surface area contributed by atoms with Crippen LogP contribution in [0.5, 0.6) is 0 Å². The van der Waals surface area contributed by atoms with Crippen LogP contribution in [0.15, 0.2) is 24.3 Å². The van der Waals surface area contributed by atoms with Gasteiger partial charge >= 0.3 is 0 Å². The molecule has 122 valence electrons. The summed E-state index contributed by atoms with van der Waals surface area (Å²) in [6.45, 7) is 10.9. The number of hydrogen-bond acceptors (Lipinski definition) is 2. The average Bonchev–Trinajstić information content (AvgIpc) is 2.88. The Bertz CT molecular complexity index is 730. The van der Waals surface area contributed by atoms with E-state index in [2.05, 4.69) is 58.9 Å². The Balaban J connectivity index is 2.11. The molecule has 1 aromatic heterocycles. The molecule has 0 unspecified atom stereocenters. The van der Waals surface area contributed by atoms with Gasteiger partial charge in [-0.2, -0.15) is 5.10 Å². The van der Waals surface area contributed by atoms with Crippen LogP contribution in [0.2, 0.25) is 0 Å². The Morgan fingerprint density at radius 3 is 2.30 bits per heavy atom. The number of Topliss-reactive ketones (excluding diaryl/α,β-unsaturated/α-hetero) is 1. The van der Waals surface area contributed by atoms with E-state index >= 15 is 0 Å². The zero-order valence-corrected chi connectivity index (χ0v) is 14.8. The maximum atomic E-state index is 12.5. The molecule has 0 radical (unpaired) electrons. The molecular weight excluding hydrogens is 284 g/mol. The van der Waals surface area contributed by atoms with Gasteiger partial charge in [0.2, 0.25) is 0 Å². The molecular formula is C20H26N2O. The van der Waals surface area contributed by atoms with E-state index in [0.717, 1.165) is 35.4 Å². The lowest BCUT2D eigenvalue weighted by atomic mass is 9.86. The molecule has 0 saturated heterocycles. The monoisotopic (exact) mass is 310 g/mol. The van der Waals surface area contributed by atoms with E-state index in [1.807, 2.05) is 4.68 Å². The van der Waals surface area contributed by atoms with E-state index in [1.165, 1.54) is 5.56 Å². The Kier molecular flexibility index (Phi) is 3.91. The van der Waals surface area contributed by atoms with Crippen molar-refractivity contribution >= 4 is 5.78 Å². The second kappa shape index (κ2) is 5.63. The number of benzene rings is 1. The zero-order chi connectivity index (χ0) is 16.8. The molecule has 0 spiro atoms. The van der Waals surface area contributed by atoms with Crippen molar-refractivity contribution in [2.45, 2.75) is 65.3 Å². The molecule has 2 aromatic rings. The minimum absolute atomic E-state index is 0.130. The van der Waals surface area contributed by atoms with Crippen molar-refractivity contribution in [3.05, 3.63) is 41.1 Å². The summed E-state index contributed by atoms with van der Waals surface area (Å²) >= 11 is 0. The van der Waals surface area contributed by atoms with Crippen molar-refractivity contribution in [3.63, 3.8) is 0 Å². The summed E-state index contributed by atoms with van der Waals surface area (Å²) in [4.78, 5) is 12.5. The van der Waals surface area contributed by atoms with Crippen LogP contribution < -0.4 is 0 Å². The Morgan fingerprint density at radius 1 is 1.09 bits per heavy atom. The van der Waals surface area contributed by atoms with E-state index in [4.69, 9.17) is 5.10 Å². The molecule has 0 atom stereocenters. The third-order valence-electron chi connectivity index (χ3n) is 4.62. The van der Waals surface area contributed by atoms with E-state index < -0.39 is 0 Å². The fourth-order valence-electron chi connectivity index (χ4n) is 3.30. The van der Waals surface area contributed by atoms with E-state index in [0.29, 0.717) is 6.42 Å². The van der Waals surface area contributed by atoms with Crippen molar-refractivity contribution in [2.75, 3.05) is 0 Å². The zero-order valence-electron chi connectivity index (χ0n) is 14.8. The van der Waals surface area contributed by atoms with Crippen LogP contribution in [0.3, 0.4) is 0 Å². The number of fused-ring (bicyclic) bond motifs is 1. The van der Waals surface area contributed by atoms with Crippen molar-refractivity contribution in [1.29, 1.82) is 0 Å². The van der Waals surface area contributed by atoms with Crippen molar-refractivity contribution in [1.82, 2.24) is 9.78 Å². The summed E-state index contributed by atoms with van der Waals surface area (Å²) in [5, 5.41) is 4.80. The number of nitrogens with zero attached hydrogens (tertiary/aromatic N) is 2. The molecule has 3 rings (SSSR count). The van der Waals surface area contributed by atoms with Crippen molar-refractivity contribution < 1.29 is 4.79 Å². The number of aromatic nitrogens is 2. The van der Waals surface area contributed by atoms with Crippen molar-refractivity contribution in [2.24, 2.45) is 0 Å². The van der Waals surface area contributed by atoms with Gasteiger partial charge in [-0.15, -0.1) is 0 Å². The van der Waals surface area contributed by atoms with Crippen molar-refractivity contribution in [3.8, 4) is 11.3 Å². The minimum Gasteiger partial charge on any atom is -0.294 e. The number of carbonyl (C=O) groups excluding carboxylic acids is 1. The van der Waals surface area contributed by atoms with Crippen LogP contribution in [-0.2, 0) is 11.8 Å². The van der Waals surface area contributed by atoms with Gasteiger partial charge < -0.3 is 0 Å². The topological polar surface area (TPSA) is 34.9 Å². The Morgan fingerprint density at radius 2 is 1.74 bits per heavy atom. The van der Waals surface area contributed by atoms with Crippen LogP contribution >= 0.6 is 0 Å². The number of ketones is 1. The first-order chi connectivity index (χ1) is 10.8. The molecule has 0 N–H and O–H groups in total. The molecule has 0 bridgehead atoms. The standard InChI is InChI=1S/C20H26N2O/c1-13(2)22-16-7-6-8-17(23)18(16)19(21-22)14-9-11-15(12-10-14)20(3,4)5/h9-13H,6-8H2,1-5H3. The van der Waals surface area contributed by atoms with Crippen LogP contribution in [-0.4, -0.2) is 15.6 Å². The van der Waals surface area contributed by atoms with Gasteiger partial charge in [0.25, 0.3) is 0 Å². The Hall–Kier alpha value is -1.90. The minimum atomic E-state index is 0.130. The smallest absolute Gasteiger partial charge is 0.166 e. The van der Waals surface area contributed by atoms with Crippen LogP contribution in [0.1, 0.15) is 75.1 Å². The summed E-state index contributed by atoms with van der Waals surface area (Å²) in [6.07, 6.45) is 2.53. The van der Waals surface area contributed by atoms with Gasteiger partial charge in [0.05, 0.1) is 11.3 Å². The van der Waals surface area contributed by atoms with E-state index in [9.17, 15) is 4.79 Å². The normalized spacial score (nSPS) is 15.1. The predicted octanol–water partition coefficient (Wildman–Crippen LogP) is 4.95. The maximum Gasteiger partial charge on any atom is 0.166 e. The van der Waals surface area contributed by atoms with Crippen LogP contribution in [0, 0.1) is 0 Å². The number of rotatable bonds is 2. The second-order valence-electron chi connectivity index (χ2n) is 7.81. The van der Waals surface area contributed by atoms with E-state index in [1.54, 1.807) is 0 Å². The molecule has 23 heavy (non-hydrogen) atoms. The molecule has 0 fully saturated rings.